The molecule has 2 amide bonds. The van der Waals surface area contributed by atoms with Gasteiger partial charge < -0.3 is 15.0 Å². The number of amides is 2. The molecule has 0 unspecified atom stereocenters. The zero-order chi connectivity index (χ0) is 22.8. The Hall–Kier alpha value is -3.20. The number of hydrogen-bond donors (Lipinski definition) is 1. The lowest BCUT2D eigenvalue weighted by Gasteiger charge is -2.30. The third-order valence-corrected chi connectivity index (χ3v) is 7.09. The van der Waals surface area contributed by atoms with E-state index in [-0.39, 0.29) is 23.9 Å². The number of hydrogen-bond acceptors (Lipinski definition) is 6. The average molecular weight is 455 g/mol. The molecule has 3 aromatic rings. The maximum absolute atomic E-state index is 13.1. The van der Waals surface area contributed by atoms with Crippen LogP contribution in [0.25, 0.3) is 10.2 Å². The zero-order valence-corrected chi connectivity index (χ0v) is 19.2. The number of methoxy groups -OCH3 is 1. The molecule has 1 fully saturated rings. The van der Waals surface area contributed by atoms with Gasteiger partial charge in [0.05, 0.1) is 23.7 Å². The molecule has 2 aromatic heterocycles. The first-order valence-corrected chi connectivity index (χ1v) is 11.4. The Morgan fingerprint density at radius 3 is 2.75 bits per heavy atom. The van der Waals surface area contributed by atoms with Crippen molar-refractivity contribution in [2.75, 3.05) is 25.5 Å². The van der Waals surface area contributed by atoms with Gasteiger partial charge in [-0.25, -0.2) is 4.98 Å². The van der Waals surface area contributed by atoms with Crippen molar-refractivity contribution in [3.8, 4) is 5.75 Å². The van der Waals surface area contributed by atoms with Gasteiger partial charge in [0.15, 0.2) is 0 Å². The summed E-state index contributed by atoms with van der Waals surface area (Å²) in [7, 11) is 1.56. The number of anilines is 1. The maximum atomic E-state index is 13.1. The monoisotopic (exact) mass is 454 g/mol. The van der Waals surface area contributed by atoms with E-state index in [0.29, 0.717) is 38.0 Å². The van der Waals surface area contributed by atoms with Gasteiger partial charge in [-0.15, -0.1) is 11.3 Å². The highest BCUT2D eigenvalue weighted by molar-refractivity contribution is 7.20. The number of carbonyl (C=O) groups is 2. The fourth-order valence-corrected chi connectivity index (χ4v) is 4.92. The summed E-state index contributed by atoms with van der Waals surface area (Å²) in [6, 6.07) is 7.06. The van der Waals surface area contributed by atoms with Crippen molar-refractivity contribution >= 4 is 39.1 Å². The van der Waals surface area contributed by atoms with Crippen LogP contribution in [0.15, 0.2) is 35.4 Å². The van der Waals surface area contributed by atoms with Crippen LogP contribution >= 0.6 is 11.3 Å². The fourth-order valence-electron chi connectivity index (χ4n) is 3.88. The van der Waals surface area contributed by atoms with Gasteiger partial charge in [0.2, 0.25) is 5.91 Å². The standard InChI is InChI=1S/C23H26N4O4S/c1-14-7-9-26(10-8-14)18(28)12-27-13-24-22-19(23(27)30)15(2)20(32-22)21(29)25-16-5-4-6-17(11-16)31-3/h4-6,11,13-14H,7-10,12H2,1-3H3,(H,25,29). The molecule has 0 bridgehead atoms. The summed E-state index contributed by atoms with van der Waals surface area (Å²) in [6.45, 7) is 5.32. The summed E-state index contributed by atoms with van der Waals surface area (Å²) in [5.41, 5.74) is 0.859. The number of nitrogens with zero attached hydrogens (tertiary/aromatic N) is 3. The number of fused-ring (bicyclic) bond motifs is 1. The summed E-state index contributed by atoms with van der Waals surface area (Å²) in [5, 5.41) is 3.22. The van der Waals surface area contributed by atoms with E-state index in [9.17, 15) is 14.4 Å². The van der Waals surface area contributed by atoms with Crippen molar-refractivity contribution in [2.45, 2.75) is 33.2 Å². The van der Waals surface area contributed by atoms with Gasteiger partial charge in [-0.3, -0.25) is 19.0 Å². The van der Waals surface area contributed by atoms with E-state index in [1.165, 1.54) is 22.2 Å². The van der Waals surface area contributed by atoms with E-state index < -0.39 is 0 Å². The summed E-state index contributed by atoms with van der Waals surface area (Å²) in [4.78, 5) is 45.7. The average Bonchev–Trinajstić information content (AvgIpc) is 3.13. The molecule has 3 heterocycles. The third-order valence-electron chi connectivity index (χ3n) is 5.89. The smallest absolute Gasteiger partial charge is 0.266 e. The van der Waals surface area contributed by atoms with E-state index >= 15 is 0 Å². The maximum Gasteiger partial charge on any atom is 0.266 e. The molecule has 168 valence electrons. The molecule has 0 saturated carbocycles. The first-order valence-electron chi connectivity index (χ1n) is 10.6. The highest BCUT2D eigenvalue weighted by atomic mass is 32.1. The Balaban J connectivity index is 1.57. The number of carbonyl (C=O) groups excluding carboxylic acids is 2. The number of nitrogens with one attached hydrogen (secondary N) is 1. The molecule has 4 rings (SSSR count). The molecule has 0 aliphatic carbocycles. The Morgan fingerprint density at radius 2 is 2.03 bits per heavy atom. The van der Waals surface area contributed by atoms with Crippen LogP contribution in [-0.4, -0.2) is 46.5 Å². The summed E-state index contributed by atoms with van der Waals surface area (Å²) in [5.74, 6) is 0.857. The molecule has 1 N–H and O–H groups in total. The summed E-state index contributed by atoms with van der Waals surface area (Å²) >= 11 is 1.17. The predicted octanol–water partition coefficient (Wildman–Crippen LogP) is 3.29. The third kappa shape index (κ3) is 4.38. The molecule has 1 aromatic carbocycles. The molecule has 1 aliphatic rings. The second kappa shape index (κ2) is 9.12. The largest absolute Gasteiger partial charge is 0.497 e. The van der Waals surface area contributed by atoms with Crippen LogP contribution in [0.1, 0.15) is 35.0 Å². The quantitative estimate of drug-likeness (QED) is 0.639. The summed E-state index contributed by atoms with van der Waals surface area (Å²) < 4.78 is 6.53. The molecule has 32 heavy (non-hydrogen) atoms. The minimum Gasteiger partial charge on any atom is -0.497 e. The topological polar surface area (TPSA) is 93.5 Å². The molecule has 1 aliphatic heterocycles. The Labute approximate surface area is 189 Å². The number of thiophene rings is 1. The molecular formula is C23H26N4O4S. The number of likely N-dealkylation sites (tertiary alicyclic amines) is 1. The van der Waals surface area contributed by atoms with Gasteiger partial charge in [0.25, 0.3) is 11.5 Å². The number of ether oxygens (including phenoxy) is 1. The number of benzene rings is 1. The molecule has 0 atom stereocenters. The first kappa shape index (κ1) is 22.0. The van der Waals surface area contributed by atoms with Crippen molar-refractivity contribution < 1.29 is 14.3 Å². The molecule has 1 saturated heterocycles. The number of piperidine rings is 1. The Kier molecular flexibility index (Phi) is 6.27. The lowest BCUT2D eigenvalue weighted by molar-refractivity contribution is -0.133. The normalized spacial score (nSPS) is 14.5. The van der Waals surface area contributed by atoms with Gasteiger partial charge in [-0.2, -0.15) is 0 Å². The Morgan fingerprint density at radius 1 is 1.28 bits per heavy atom. The predicted molar refractivity (Wildman–Crippen MR) is 125 cm³/mol. The minimum atomic E-state index is -0.316. The van der Waals surface area contributed by atoms with Crippen LogP contribution in [0.2, 0.25) is 0 Å². The van der Waals surface area contributed by atoms with E-state index in [4.69, 9.17) is 4.74 Å². The van der Waals surface area contributed by atoms with E-state index in [1.807, 2.05) is 4.90 Å². The van der Waals surface area contributed by atoms with Crippen molar-refractivity contribution in [1.29, 1.82) is 0 Å². The van der Waals surface area contributed by atoms with Crippen LogP contribution in [0.3, 0.4) is 0 Å². The van der Waals surface area contributed by atoms with E-state index in [0.717, 1.165) is 25.9 Å². The van der Waals surface area contributed by atoms with Gasteiger partial charge in [0.1, 0.15) is 17.1 Å². The second-order valence-electron chi connectivity index (χ2n) is 8.16. The molecule has 9 heteroatoms. The molecule has 0 spiro atoms. The SMILES string of the molecule is COc1cccc(NC(=O)c2sc3ncn(CC(=O)N4CCC(C)CC4)c(=O)c3c2C)c1. The highest BCUT2D eigenvalue weighted by Gasteiger charge is 2.23. The first-order chi connectivity index (χ1) is 15.4. The van der Waals surface area contributed by atoms with Crippen LogP contribution < -0.4 is 15.6 Å². The zero-order valence-electron chi connectivity index (χ0n) is 18.4. The van der Waals surface area contributed by atoms with Crippen molar-refractivity contribution in [2.24, 2.45) is 5.92 Å². The van der Waals surface area contributed by atoms with Crippen molar-refractivity contribution in [1.82, 2.24) is 14.5 Å². The van der Waals surface area contributed by atoms with E-state index in [1.54, 1.807) is 38.3 Å². The molecule has 8 nitrogen and oxygen atoms in total. The lowest BCUT2D eigenvalue weighted by Crippen LogP contribution is -2.41. The molecular weight excluding hydrogens is 428 g/mol. The number of rotatable bonds is 5. The van der Waals surface area contributed by atoms with Crippen molar-refractivity contribution in [3.05, 3.63) is 51.4 Å². The fraction of sp³-hybridized carbons (Fsp3) is 0.391. The van der Waals surface area contributed by atoms with Crippen LogP contribution in [-0.2, 0) is 11.3 Å². The minimum absolute atomic E-state index is 0.0449. The van der Waals surface area contributed by atoms with Gasteiger partial charge in [-0.05, 0) is 43.4 Å². The van der Waals surface area contributed by atoms with Crippen molar-refractivity contribution in [3.63, 3.8) is 0 Å². The van der Waals surface area contributed by atoms with E-state index in [2.05, 4.69) is 17.2 Å². The summed E-state index contributed by atoms with van der Waals surface area (Å²) in [6.07, 6.45) is 3.36. The highest BCUT2D eigenvalue weighted by Crippen LogP contribution is 2.28. The van der Waals surface area contributed by atoms with Gasteiger partial charge in [0, 0.05) is 24.8 Å². The lowest BCUT2D eigenvalue weighted by atomic mass is 9.99. The van der Waals surface area contributed by atoms with Crippen LogP contribution in [0.4, 0.5) is 5.69 Å². The Bertz CT molecular complexity index is 1220. The van der Waals surface area contributed by atoms with Gasteiger partial charge >= 0.3 is 0 Å². The molecule has 0 radical (unpaired) electrons. The number of aryl methyl sites for hydroxylation is 1. The second-order valence-corrected chi connectivity index (χ2v) is 9.16. The van der Waals surface area contributed by atoms with Gasteiger partial charge in [-0.1, -0.05) is 13.0 Å². The van der Waals surface area contributed by atoms with Crippen LogP contribution in [0, 0.1) is 12.8 Å². The number of aromatic nitrogens is 2. The van der Waals surface area contributed by atoms with Crippen LogP contribution in [0.5, 0.6) is 5.75 Å².